The van der Waals surface area contributed by atoms with Crippen molar-refractivity contribution in [2.45, 2.75) is 38.0 Å². The summed E-state index contributed by atoms with van der Waals surface area (Å²) >= 11 is 0. The summed E-state index contributed by atoms with van der Waals surface area (Å²) in [6, 6.07) is 0. The summed E-state index contributed by atoms with van der Waals surface area (Å²) in [5.74, 6) is 1.93. The Morgan fingerprint density at radius 1 is 1.24 bits per heavy atom. The van der Waals surface area contributed by atoms with Gasteiger partial charge in [0.1, 0.15) is 30.8 Å². The summed E-state index contributed by atoms with van der Waals surface area (Å²) in [5, 5.41) is 15.5. The number of rotatable bonds is 6. The van der Waals surface area contributed by atoms with Gasteiger partial charge in [0, 0.05) is 25.2 Å². The van der Waals surface area contributed by atoms with E-state index in [0.29, 0.717) is 30.2 Å². The third-order valence-corrected chi connectivity index (χ3v) is 3.94. The predicted molar refractivity (Wildman–Crippen MR) is 81.9 cm³/mol. The molecule has 4 rings (SSSR count). The Labute approximate surface area is 140 Å². The van der Waals surface area contributed by atoms with Gasteiger partial charge in [-0.25, -0.2) is 9.97 Å². The molecule has 25 heavy (non-hydrogen) atoms. The van der Waals surface area contributed by atoms with Crippen molar-refractivity contribution in [2.75, 3.05) is 11.9 Å². The van der Waals surface area contributed by atoms with Crippen LogP contribution in [0.25, 0.3) is 11.0 Å². The number of fused-ring (bicyclic) bond motifs is 1. The van der Waals surface area contributed by atoms with E-state index in [1.165, 1.54) is 12.5 Å². The van der Waals surface area contributed by atoms with Gasteiger partial charge in [-0.05, 0) is 12.8 Å². The highest BCUT2D eigenvalue weighted by Crippen LogP contribution is 2.38. The fraction of sp³-hybridized carbons (Fsp3) is 0.500. The first-order chi connectivity index (χ1) is 12.0. The van der Waals surface area contributed by atoms with Crippen molar-refractivity contribution in [1.29, 1.82) is 0 Å². The summed E-state index contributed by atoms with van der Waals surface area (Å²) in [6.07, 6.45) is 2.21. The number of nitrogens with zero attached hydrogens (tertiary/aromatic N) is 7. The van der Waals surface area contributed by atoms with Gasteiger partial charge in [-0.2, -0.15) is 18.3 Å². The lowest BCUT2D eigenvalue weighted by molar-refractivity contribution is -0.142. The molecule has 0 spiro atoms. The normalized spacial score (nSPS) is 15.0. The maximum absolute atomic E-state index is 12.5. The molecule has 1 aliphatic carbocycles. The third kappa shape index (κ3) is 3.54. The van der Waals surface area contributed by atoms with Crippen LogP contribution < -0.4 is 5.32 Å². The Morgan fingerprint density at radius 2 is 2.08 bits per heavy atom. The Morgan fingerprint density at radius 3 is 2.84 bits per heavy atom. The van der Waals surface area contributed by atoms with Crippen LogP contribution in [0.3, 0.4) is 0 Å². The van der Waals surface area contributed by atoms with E-state index >= 15 is 0 Å². The first kappa shape index (κ1) is 15.8. The van der Waals surface area contributed by atoms with Crippen LogP contribution in [0.5, 0.6) is 0 Å². The van der Waals surface area contributed by atoms with Crippen molar-refractivity contribution in [1.82, 2.24) is 34.5 Å². The summed E-state index contributed by atoms with van der Waals surface area (Å²) < 4.78 is 40.3. The van der Waals surface area contributed by atoms with E-state index in [0.717, 1.165) is 23.3 Å². The number of halogens is 3. The van der Waals surface area contributed by atoms with Gasteiger partial charge in [0.2, 0.25) is 0 Å². The number of anilines is 1. The van der Waals surface area contributed by atoms with Crippen molar-refractivity contribution < 1.29 is 13.2 Å². The maximum Gasteiger partial charge on any atom is 0.408 e. The Hall–Kier alpha value is -2.72. The first-order valence-electron chi connectivity index (χ1n) is 7.86. The molecule has 0 aliphatic heterocycles. The molecule has 3 aromatic heterocycles. The monoisotopic (exact) mass is 352 g/mol. The van der Waals surface area contributed by atoms with Crippen LogP contribution in [0.1, 0.15) is 24.6 Å². The number of hydrogen-bond acceptors (Lipinski definition) is 6. The second kappa shape index (κ2) is 5.97. The van der Waals surface area contributed by atoms with Crippen LogP contribution in [0.2, 0.25) is 0 Å². The van der Waals surface area contributed by atoms with Crippen LogP contribution in [0.4, 0.5) is 19.0 Å². The van der Waals surface area contributed by atoms with Crippen molar-refractivity contribution in [2.24, 2.45) is 0 Å². The average Bonchev–Trinajstić information content (AvgIpc) is 3.13. The zero-order chi connectivity index (χ0) is 17.4. The highest BCUT2D eigenvalue weighted by molar-refractivity contribution is 5.85. The standard InChI is InChI=1S/C14H15F3N8/c15-14(16,17)6-25-5-10-11(19-7-20-12(10)23-25)18-3-4-24-8-21-22-13(24)9-1-2-9/h5,7-9H,1-4,6H2,(H,18,19,20,23). The van der Waals surface area contributed by atoms with Crippen molar-refractivity contribution in [3.63, 3.8) is 0 Å². The van der Waals surface area contributed by atoms with Gasteiger partial charge in [0.25, 0.3) is 0 Å². The lowest BCUT2D eigenvalue weighted by atomic mass is 10.3. The number of hydrogen-bond donors (Lipinski definition) is 1. The predicted octanol–water partition coefficient (Wildman–Crippen LogP) is 1.97. The van der Waals surface area contributed by atoms with Crippen molar-refractivity contribution in [3.8, 4) is 0 Å². The Balaban J connectivity index is 1.46. The van der Waals surface area contributed by atoms with Crippen LogP contribution in [-0.2, 0) is 13.1 Å². The second-order valence-corrected chi connectivity index (χ2v) is 5.98. The van der Waals surface area contributed by atoms with Crippen LogP contribution >= 0.6 is 0 Å². The summed E-state index contributed by atoms with van der Waals surface area (Å²) in [6.45, 7) is 0.0175. The summed E-state index contributed by atoms with van der Waals surface area (Å²) in [4.78, 5) is 8.03. The SMILES string of the molecule is FC(F)(F)Cn1cc2c(NCCn3cnnc3C3CC3)ncnc2n1. The molecule has 0 aromatic carbocycles. The maximum atomic E-state index is 12.5. The highest BCUT2D eigenvalue weighted by Gasteiger charge is 2.29. The van der Waals surface area contributed by atoms with Crippen LogP contribution in [0, 0.1) is 0 Å². The molecular formula is C14H15F3N8. The van der Waals surface area contributed by atoms with Crippen molar-refractivity contribution in [3.05, 3.63) is 24.7 Å². The minimum atomic E-state index is -4.34. The van der Waals surface area contributed by atoms with Gasteiger partial charge >= 0.3 is 6.18 Å². The molecule has 1 fully saturated rings. The highest BCUT2D eigenvalue weighted by atomic mass is 19.4. The second-order valence-electron chi connectivity index (χ2n) is 5.98. The van der Waals surface area contributed by atoms with E-state index in [1.807, 2.05) is 4.57 Å². The zero-order valence-corrected chi connectivity index (χ0v) is 13.1. The third-order valence-electron chi connectivity index (χ3n) is 3.94. The molecule has 0 bridgehead atoms. The summed E-state index contributed by atoms with van der Waals surface area (Å²) in [7, 11) is 0. The number of alkyl halides is 3. The molecule has 132 valence electrons. The van der Waals surface area contributed by atoms with E-state index in [1.54, 1.807) is 6.33 Å². The van der Waals surface area contributed by atoms with Crippen LogP contribution in [-0.4, -0.2) is 47.2 Å². The minimum absolute atomic E-state index is 0.227. The molecule has 0 saturated heterocycles. The molecule has 1 N–H and O–H groups in total. The quantitative estimate of drug-likeness (QED) is 0.730. The van der Waals surface area contributed by atoms with Gasteiger partial charge in [0.15, 0.2) is 5.65 Å². The molecule has 0 unspecified atom stereocenters. The molecule has 8 nitrogen and oxygen atoms in total. The fourth-order valence-electron chi connectivity index (χ4n) is 2.68. The lowest BCUT2D eigenvalue weighted by Crippen LogP contribution is -2.17. The fourth-order valence-corrected chi connectivity index (χ4v) is 2.68. The van der Waals surface area contributed by atoms with Gasteiger partial charge in [-0.3, -0.25) is 4.68 Å². The van der Waals surface area contributed by atoms with Gasteiger partial charge < -0.3 is 9.88 Å². The molecule has 3 heterocycles. The Bertz CT molecular complexity index is 880. The average molecular weight is 352 g/mol. The van der Waals surface area contributed by atoms with Gasteiger partial charge in [0.05, 0.1) is 5.39 Å². The molecule has 0 amide bonds. The van der Waals surface area contributed by atoms with E-state index in [4.69, 9.17) is 0 Å². The van der Waals surface area contributed by atoms with E-state index < -0.39 is 12.7 Å². The van der Waals surface area contributed by atoms with E-state index in [9.17, 15) is 13.2 Å². The van der Waals surface area contributed by atoms with Crippen molar-refractivity contribution >= 4 is 16.9 Å². The zero-order valence-electron chi connectivity index (χ0n) is 13.1. The molecular weight excluding hydrogens is 337 g/mol. The molecule has 11 heteroatoms. The molecule has 0 atom stereocenters. The number of nitrogens with one attached hydrogen (secondary N) is 1. The Kier molecular flexibility index (Phi) is 3.77. The smallest absolute Gasteiger partial charge is 0.368 e. The van der Waals surface area contributed by atoms with Crippen LogP contribution in [0.15, 0.2) is 18.9 Å². The molecule has 1 aliphatic rings. The largest absolute Gasteiger partial charge is 0.408 e. The molecule has 0 radical (unpaired) electrons. The van der Waals surface area contributed by atoms with E-state index in [2.05, 4.69) is 30.6 Å². The lowest BCUT2D eigenvalue weighted by Gasteiger charge is -2.08. The summed E-state index contributed by atoms with van der Waals surface area (Å²) in [5.41, 5.74) is 0.227. The minimum Gasteiger partial charge on any atom is -0.368 e. The molecule has 3 aromatic rings. The first-order valence-corrected chi connectivity index (χ1v) is 7.86. The van der Waals surface area contributed by atoms with E-state index in [-0.39, 0.29) is 5.65 Å². The number of aromatic nitrogens is 7. The van der Waals surface area contributed by atoms with Gasteiger partial charge in [-0.1, -0.05) is 0 Å². The van der Waals surface area contributed by atoms with Gasteiger partial charge in [-0.15, -0.1) is 10.2 Å². The topological polar surface area (TPSA) is 86.3 Å². The molecule has 1 saturated carbocycles.